The molecule has 0 radical (unpaired) electrons. The zero-order valence-corrected chi connectivity index (χ0v) is 17.6. The van der Waals surface area contributed by atoms with Crippen LogP contribution in [0.15, 0.2) is 48.8 Å². The Bertz CT molecular complexity index is 1170. The van der Waals surface area contributed by atoms with E-state index in [4.69, 9.17) is 5.73 Å². The number of nitrogens with two attached hydrogens (primary N) is 1. The summed E-state index contributed by atoms with van der Waals surface area (Å²) >= 11 is 0. The lowest BCUT2D eigenvalue weighted by Crippen LogP contribution is -2.39. The number of hydrogen-bond donors (Lipinski definition) is 2. The van der Waals surface area contributed by atoms with Gasteiger partial charge in [-0.05, 0) is 50.5 Å². The molecule has 0 aliphatic carbocycles. The lowest BCUT2D eigenvalue weighted by atomic mass is 9.99. The number of para-hydroxylation sites is 1. The van der Waals surface area contributed by atoms with E-state index in [9.17, 15) is 14.0 Å². The van der Waals surface area contributed by atoms with Gasteiger partial charge < -0.3 is 16.0 Å². The predicted molar refractivity (Wildman–Crippen MR) is 117 cm³/mol. The summed E-state index contributed by atoms with van der Waals surface area (Å²) < 4.78 is 13.9. The van der Waals surface area contributed by atoms with Crippen LogP contribution in [-0.4, -0.2) is 38.2 Å². The summed E-state index contributed by atoms with van der Waals surface area (Å²) in [6.07, 6.45) is 5.45. The van der Waals surface area contributed by atoms with Crippen molar-refractivity contribution in [1.29, 1.82) is 0 Å². The molecule has 1 saturated heterocycles. The van der Waals surface area contributed by atoms with E-state index in [1.54, 1.807) is 36.1 Å². The lowest BCUT2D eigenvalue weighted by molar-refractivity contribution is 0.0600. The van der Waals surface area contributed by atoms with Gasteiger partial charge >= 0.3 is 0 Å². The molecule has 1 aliphatic rings. The van der Waals surface area contributed by atoms with Crippen LogP contribution in [0.25, 0.3) is 0 Å². The van der Waals surface area contributed by atoms with Gasteiger partial charge in [-0.1, -0.05) is 12.1 Å². The first kappa shape index (κ1) is 21.4. The van der Waals surface area contributed by atoms with Crippen LogP contribution >= 0.6 is 0 Å². The van der Waals surface area contributed by atoms with E-state index in [0.29, 0.717) is 30.0 Å². The van der Waals surface area contributed by atoms with Crippen molar-refractivity contribution in [2.24, 2.45) is 0 Å². The number of halogens is 1. The molecule has 1 unspecified atom stereocenters. The largest absolute Gasteiger partial charge is 0.383 e. The molecule has 1 atom stereocenters. The van der Waals surface area contributed by atoms with Gasteiger partial charge in [-0.25, -0.2) is 19.3 Å². The van der Waals surface area contributed by atoms with E-state index in [1.807, 2.05) is 0 Å². The van der Waals surface area contributed by atoms with E-state index >= 15 is 0 Å². The molecule has 3 heterocycles. The van der Waals surface area contributed by atoms with Gasteiger partial charge in [-0.3, -0.25) is 9.59 Å². The summed E-state index contributed by atoms with van der Waals surface area (Å²) in [6, 6.07) is 8.92. The van der Waals surface area contributed by atoms with Crippen LogP contribution in [0.5, 0.6) is 0 Å². The van der Waals surface area contributed by atoms with Crippen LogP contribution in [0, 0.1) is 12.7 Å². The second kappa shape index (κ2) is 9.09. The molecule has 1 aromatic carbocycles. The summed E-state index contributed by atoms with van der Waals surface area (Å²) in [5.74, 6) is -0.608. The van der Waals surface area contributed by atoms with Crippen molar-refractivity contribution in [2.75, 3.05) is 17.6 Å². The van der Waals surface area contributed by atoms with Crippen LogP contribution in [0.2, 0.25) is 0 Å². The third kappa shape index (κ3) is 4.27. The Hall–Kier alpha value is -3.88. The van der Waals surface area contributed by atoms with Gasteiger partial charge in [0.05, 0.1) is 28.6 Å². The number of carbonyl (C=O) groups is 2. The Morgan fingerprint density at radius 1 is 1.12 bits per heavy atom. The molecular weight excluding hydrogens is 411 g/mol. The van der Waals surface area contributed by atoms with Gasteiger partial charge in [0.15, 0.2) is 5.82 Å². The second-order valence-corrected chi connectivity index (χ2v) is 7.61. The number of nitrogens with zero attached hydrogens (tertiary/aromatic N) is 4. The van der Waals surface area contributed by atoms with E-state index in [-0.39, 0.29) is 29.0 Å². The number of amides is 2. The van der Waals surface area contributed by atoms with Crippen LogP contribution in [0.3, 0.4) is 0 Å². The molecule has 1 aliphatic heterocycles. The van der Waals surface area contributed by atoms with Crippen molar-refractivity contribution in [1.82, 2.24) is 19.9 Å². The number of hydrogen-bond acceptors (Lipinski definition) is 6. The monoisotopic (exact) mass is 434 g/mol. The van der Waals surface area contributed by atoms with Gasteiger partial charge in [-0.2, -0.15) is 0 Å². The summed E-state index contributed by atoms with van der Waals surface area (Å²) in [5, 5.41) is 2.54. The van der Waals surface area contributed by atoms with Crippen molar-refractivity contribution >= 4 is 23.3 Å². The maximum Gasteiger partial charge on any atom is 0.259 e. The number of nitrogen functional groups attached to an aromatic ring is 1. The highest BCUT2D eigenvalue weighted by Crippen LogP contribution is 2.31. The molecule has 2 aromatic heterocycles. The van der Waals surface area contributed by atoms with Crippen LogP contribution in [-0.2, 0) is 0 Å². The molecule has 3 aromatic rings. The first-order valence-corrected chi connectivity index (χ1v) is 10.4. The highest BCUT2D eigenvalue weighted by atomic mass is 19.1. The first-order chi connectivity index (χ1) is 15.5. The summed E-state index contributed by atoms with van der Waals surface area (Å²) in [6.45, 7) is 2.24. The minimum atomic E-state index is -0.526. The Kier molecular flexibility index (Phi) is 6.07. The first-order valence-electron chi connectivity index (χ1n) is 10.4. The molecule has 0 spiro atoms. The Balaban J connectivity index is 1.58. The number of likely N-dealkylation sites (tertiary alicyclic amines) is 1. The van der Waals surface area contributed by atoms with Crippen LogP contribution < -0.4 is 11.1 Å². The summed E-state index contributed by atoms with van der Waals surface area (Å²) in [4.78, 5) is 40.4. The zero-order chi connectivity index (χ0) is 22.7. The Morgan fingerprint density at radius 3 is 2.69 bits per heavy atom. The predicted octanol–water partition coefficient (Wildman–Crippen LogP) is 3.52. The van der Waals surface area contributed by atoms with E-state index < -0.39 is 11.7 Å². The summed E-state index contributed by atoms with van der Waals surface area (Å²) in [5.41, 5.74) is 7.01. The van der Waals surface area contributed by atoms with E-state index in [1.165, 1.54) is 24.5 Å². The number of anilines is 2. The smallest absolute Gasteiger partial charge is 0.259 e. The molecule has 1 fully saturated rings. The number of nitrogens with one attached hydrogen (secondary N) is 1. The molecule has 9 heteroatoms. The zero-order valence-electron chi connectivity index (χ0n) is 17.6. The number of piperidine rings is 1. The minimum Gasteiger partial charge on any atom is -0.383 e. The fourth-order valence-electron chi connectivity index (χ4n) is 3.82. The topological polar surface area (TPSA) is 114 Å². The highest BCUT2D eigenvalue weighted by molar-refractivity contribution is 6.04. The lowest BCUT2D eigenvalue weighted by Gasteiger charge is -2.35. The summed E-state index contributed by atoms with van der Waals surface area (Å²) in [7, 11) is 0. The number of pyridine rings is 1. The Morgan fingerprint density at radius 2 is 1.94 bits per heavy atom. The van der Waals surface area contributed by atoms with Crippen molar-refractivity contribution in [3.63, 3.8) is 0 Å². The van der Waals surface area contributed by atoms with Crippen molar-refractivity contribution in [2.45, 2.75) is 32.2 Å². The minimum absolute atomic E-state index is 0.0825. The van der Waals surface area contributed by atoms with Gasteiger partial charge in [0.2, 0.25) is 0 Å². The molecular formula is C23H23FN6O2. The normalized spacial score (nSPS) is 15.9. The van der Waals surface area contributed by atoms with Gasteiger partial charge in [0.1, 0.15) is 11.6 Å². The quantitative estimate of drug-likeness (QED) is 0.649. The second-order valence-electron chi connectivity index (χ2n) is 7.61. The van der Waals surface area contributed by atoms with Gasteiger partial charge in [0, 0.05) is 18.9 Å². The maximum absolute atomic E-state index is 13.9. The third-order valence-corrected chi connectivity index (χ3v) is 5.50. The molecule has 4 rings (SSSR count). The molecule has 164 valence electrons. The molecule has 2 amide bonds. The average Bonchev–Trinajstić information content (AvgIpc) is 2.80. The number of carbonyl (C=O) groups excluding carboxylic acids is 2. The number of aryl methyl sites for hydroxylation is 1. The van der Waals surface area contributed by atoms with Crippen molar-refractivity contribution < 1.29 is 14.0 Å². The van der Waals surface area contributed by atoms with E-state index in [0.717, 1.165) is 12.8 Å². The molecule has 0 saturated carbocycles. The number of aromatic nitrogens is 3. The molecule has 3 N–H and O–H groups in total. The number of rotatable bonds is 4. The average molecular weight is 434 g/mol. The van der Waals surface area contributed by atoms with E-state index in [2.05, 4.69) is 20.3 Å². The molecule has 0 bridgehead atoms. The fraction of sp³-hybridized carbons (Fsp3) is 0.261. The third-order valence-electron chi connectivity index (χ3n) is 5.50. The SMILES string of the molecule is Cc1nc(C2CCCCN2C(=O)c2cccnc2N)ncc1C(=O)Nc1ccccc1F. The van der Waals surface area contributed by atoms with Gasteiger partial charge in [0.25, 0.3) is 11.8 Å². The van der Waals surface area contributed by atoms with Crippen molar-refractivity contribution in [3.05, 3.63) is 77.3 Å². The van der Waals surface area contributed by atoms with Crippen molar-refractivity contribution in [3.8, 4) is 0 Å². The van der Waals surface area contributed by atoms with Gasteiger partial charge in [-0.15, -0.1) is 0 Å². The van der Waals surface area contributed by atoms with Crippen LogP contribution in [0.4, 0.5) is 15.9 Å². The van der Waals surface area contributed by atoms with Crippen LogP contribution in [0.1, 0.15) is 57.5 Å². The fourth-order valence-corrected chi connectivity index (χ4v) is 3.82. The maximum atomic E-state index is 13.9. The Labute approximate surface area is 184 Å². The standard InChI is InChI=1S/C23H23FN6O2/c1-14-16(22(31)29-18-9-3-2-8-17(18)24)13-27-21(28-14)19-10-4-5-12-30(19)23(32)15-7-6-11-26-20(15)25/h2-3,6-9,11,13,19H,4-5,10,12H2,1H3,(H2,25,26)(H,29,31). The number of benzene rings is 1. The highest BCUT2D eigenvalue weighted by Gasteiger charge is 2.32. The molecule has 32 heavy (non-hydrogen) atoms. The molecule has 8 nitrogen and oxygen atoms in total.